The van der Waals surface area contributed by atoms with Crippen LogP contribution in [0.2, 0.25) is 0 Å². The molecule has 0 radical (unpaired) electrons. The van der Waals surface area contributed by atoms with Crippen LogP contribution in [0, 0.1) is 5.82 Å². The van der Waals surface area contributed by atoms with Gasteiger partial charge in [0.2, 0.25) is 10.0 Å². The lowest BCUT2D eigenvalue weighted by atomic mass is 10.1. The highest BCUT2D eigenvalue weighted by Crippen LogP contribution is 2.36. The molecule has 1 aromatic carbocycles. The van der Waals surface area contributed by atoms with Gasteiger partial charge >= 0.3 is 0 Å². The van der Waals surface area contributed by atoms with E-state index in [-0.39, 0.29) is 16.9 Å². The third kappa shape index (κ3) is 3.70. The van der Waals surface area contributed by atoms with Crippen LogP contribution in [0.3, 0.4) is 0 Å². The predicted octanol–water partition coefficient (Wildman–Crippen LogP) is 4.06. The molecule has 1 aliphatic rings. The van der Waals surface area contributed by atoms with Crippen LogP contribution in [-0.2, 0) is 10.0 Å². The van der Waals surface area contributed by atoms with Gasteiger partial charge in [-0.25, -0.2) is 22.8 Å². The summed E-state index contributed by atoms with van der Waals surface area (Å²) in [6.45, 7) is 4.55. The Hall–Kier alpha value is -2.58. The van der Waals surface area contributed by atoms with Crippen molar-refractivity contribution in [1.29, 1.82) is 0 Å². The number of halogens is 1. The Bertz CT molecular complexity index is 1110. The quantitative estimate of drug-likeness (QED) is 0.632. The van der Waals surface area contributed by atoms with E-state index in [1.807, 2.05) is 29.0 Å². The van der Waals surface area contributed by atoms with Crippen LogP contribution < -0.4 is 0 Å². The highest BCUT2D eigenvalue weighted by molar-refractivity contribution is 7.89. The second-order valence-electron chi connectivity index (χ2n) is 7.46. The Morgan fingerprint density at radius 1 is 1.14 bits per heavy atom. The highest BCUT2D eigenvalue weighted by atomic mass is 32.2. The number of pyridine rings is 1. The molecule has 0 amide bonds. The Morgan fingerprint density at radius 3 is 2.62 bits per heavy atom. The van der Waals surface area contributed by atoms with Crippen molar-refractivity contribution < 1.29 is 12.8 Å². The molecule has 3 aromatic rings. The van der Waals surface area contributed by atoms with Gasteiger partial charge in [0, 0.05) is 24.9 Å². The summed E-state index contributed by atoms with van der Waals surface area (Å²) in [6.07, 6.45) is 5.05. The number of sulfonamides is 1. The van der Waals surface area contributed by atoms with E-state index in [0.29, 0.717) is 18.7 Å². The second kappa shape index (κ2) is 7.68. The van der Waals surface area contributed by atoms with Crippen molar-refractivity contribution in [3.8, 4) is 5.82 Å². The summed E-state index contributed by atoms with van der Waals surface area (Å²) in [5, 5.41) is 0. The number of hydrogen-bond acceptors (Lipinski definition) is 4. The number of benzene rings is 1. The molecule has 1 saturated heterocycles. The van der Waals surface area contributed by atoms with Crippen molar-refractivity contribution in [2.24, 2.45) is 0 Å². The van der Waals surface area contributed by atoms with Gasteiger partial charge < -0.3 is 0 Å². The smallest absolute Gasteiger partial charge is 0.243 e. The van der Waals surface area contributed by atoms with Gasteiger partial charge in [-0.15, -0.1) is 0 Å². The largest absolute Gasteiger partial charge is 0.288 e. The van der Waals surface area contributed by atoms with Crippen molar-refractivity contribution in [3.05, 3.63) is 72.2 Å². The molecule has 6 nitrogen and oxygen atoms in total. The molecule has 0 unspecified atom stereocenters. The maximum atomic E-state index is 13.2. The molecule has 0 aliphatic carbocycles. The van der Waals surface area contributed by atoms with E-state index >= 15 is 0 Å². The molecule has 4 rings (SSSR count). The molecule has 0 N–H and O–H groups in total. The fourth-order valence-corrected chi connectivity index (χ4v) is 5.43. The lowest BCUT2D eigenvalue weighted by Gasteiger charge is -2.24. The number of aromatic nitrogens is 3. The fraction of sp³-hybridized carbons (Fsp3) is 0.333. The van der Waals surface area contributed by atoms with E-state index in [4.69, 9.17) is 4.98 Å². The van der Waals surface area contributed by atoms with Crippen molar-refractivity contribution in [3.63, 3.8) is 0 Å². The lowest BCUT2D eigenvalue weighted by Crippen LogP contribution is -2.31. The van der Waals surface area contributed by atoms with E-state index < -0.39 is 15.8 Å². The Morgan fingerprint density at radius 2 is 1.90 bits per heavy atom. The van der Waals surface area contributed by atoms with Crippen LogP contribution in [0.5, 0.6) is 0 Å². The summed E-state index contributed by atoms with van der Waals surface area (Å²) < 4.78 is 42.9. The van der Waals surface area contributed by atoms with Crippen molar-refractivity contribution in [2.75, 3.05) is 6.54 Å². The van der Waals surface area contributed by atoms with Gasteiger partial charge in [0.1, 0.15) is 17.5 Å². The molecular formula is C21H23FN4O2S. The summed E-state index contributed by atoms with van der Waals surface area (Å²) in [5.74, 6) is 1.39. The molecule has 1 aliphatic heterocycles. The first-order chi connectivity index (χ1) is 13.9. The zero-order valence-corrected chi connectivity index (χ0v) is 17.2. The zero-order valence-electron chi connectivity index (χ0n) is 16.4. The topological polar surface area (TPSA) is 68.1 Å². The predicted molar refractivity (Wildman–Crippen MR) is 108 cm³/mol. The van der Waals surface area contributed by atoms with Gasteiger partial charge in [0.15, 0.2) is 0 Å². The minimum Gasteiger partial charge on any atom is -0.288 e. The molecule has 1 fully saturated rings. The SMILES string of the molecule is CC(C)c1nccn1-c1cccc([C@H]2CCCN2S(=O)(=O)c2ccc(F)cc2)n1. The highest BCUT2D eigenvalue weighted by Gasteiger charge is 2.37. The molecule has 29 heavy (non-hydrogen) atoms. The van der Waals surface area contributed by atoms with Crippen LogP contribution in [0.4, 0.5) is 4.39 Å². The Kier molecular flexibility index (Phi) is 5.23. The van der Waals surface area contributed by atoms with Crippen molar-refractivity contribution in [1.82, 2.24) is 18.8 Å². The van der Waals surface area contributed by atoms with Crippen LogP contribution >= 0.6 is 0 Å². The Balaban J connectivity index is 1.69. The molecule has 8 heteroatoms. The average molecular weight is 415 g/mol. The van der Waals surface area contributed by atoms with Gasteiger partial charge in [-0.1, -0.05) is 19.9 Å². The monoisotopic (exact) mass is 414 g/mol. The Labute approximate surface area is 170 Å². The molecular weight excluding hydrogens is 391 g/mol. The minimum atomic E-state index is -3.73. The maximum Gasteiger partial charge on any atom is 0.243 e. The van der Waals surface area contributed by atoms with E-state index in [0.717, 1.165) is 18.1 Å². The van der Waals surface area contributed by atoms with Gasteiger partial charge in [-0.2, -0.15) is 4.31 Å². The summed E-state index contributed by atoms with van der Waals surface area (Å²) >= 11 is 0. The van der Waals surface area contributed by atoms with E-state index in [1.54, 1.807) is 6.20 Å². The third-order valence-electron chi connectivity index (χ3n) is 5.15. The summed E-state index contributed by atoms with van der Waals surface area (Å²) in [4.78, 5) is 9.27. The van der Waals surface area contributed by atoms with Crippen molar-refractivity contribution in [2.45, 2.75) is 43.5 Å². The van der Waals surface area contributed by atoms with Crippen LogP contribution in [0.1, 0.15) is 50.2 Å². The first kappa shape index (κ1) is 19.7. The van der Waals surface area contributed by atoms with Gasteiger partial charge in [0.05, 0.1) is 16.6 Å². The van der Waals surface area contributed by atoms with E-state index in [1.165, 1.54) is 28.6 Å². The van der Waals surface area contributed by atoms with Crippen LogP contribution in [-0.4, -0.2) is 33.8 Å². The first-order valence-electron chi connectivity index (χ1n) is 9.66. The second-order valence-corrected chi connectivity index (χ2v) is 9.35. The fourth-order valence-electron chi connectivity index (χ4n) is 3.76. The normalized spacial score (nSPS) is 17.9. The molecule has 0 spiro atoms. The summed E-state index contributed by atoms with van der Waals surface area (Å²) in [6, 6.07) is 10.3. The zero-order chi connectivity index (χ0) is 20.6. The number of nitrogens with zero attached hydrogens (tertiary/aromatic N) is 4. The van der Waals surface area contributed by atoms with Crippen LogP contribution in [0.15, 0.2) is 59.8 Å². The number of imidazole rings is 1. The van der Waals surface area contributed by atoms with Gasteiger partial charge in [0.25, 0.3) is 0 Å². The maximum absolute atomic E-state index is 13.2. The summed E-state index contributed by atoms with van der Waals surface area (Å²) in [7, 11) is -3.73. The molecule has 0 saturated carbocycles. The molecule has 2 aromatic heterocycles. The van der Waals surface area contributed by atoms with E-state index in [2.05, 4.69) is 18.8 Å². The van der Waals surface area contributed by atoms with E-state index in [9.17, 15) is 12.8 Å². The first-order valence-corrected chi connectivity index (χ1v) is 11.1. The molecule has 3 heterocycles. The molecule has 152 valence electrons. The third-order valence-corrected chi connectivity index (χ3v) is 7.08. The van der Waals surface area contributed by atoms with Gasteiger partial charge in [-0.05, 0) is 49.2 Å². The standard InChI is InChI=1S/C21H23FN4O2S/c1-15(2)21-23-12-14-25(21)20-7-3-5-18(24-20)19-6-4-13-26(19)29(27,28)17-10-8-16(22)9-11-17/h3,5,7-12,14-15,19H,4,6,13H2,1-2H3/t19-/m1/s1. The van der Waals surface area contributed by atoms with Gasteiger partial charge in [-0.3, -0.25) is 4.57 Å². The minimum absolute atomic E-state index is 0.0960. The number of rotatable bonds is 5. The lowest BCUT2D eigenvalue weighted by molar-refractivity contribution is 0.390. The van der Waals surface area contributed by atoms with Crippen LogP contribution in [0.25, 0.3) is 5.82 Å². The average Bonchev–Trinajstić information content (AvgIpc) is 3.38. The summed E-state index contributed by atoms with van der Waals surface area (Å²) in [5.41, 5.74) is 0.703. The van der Waals surface area contributed by atoms with Crippen molar-refractivity contribution >= 4 is 10.0 Å². The number of hydrogen-bond donors (Lipinski definition) is 0. The molecule has 0 bridgehead atoms. The molecule has 1 atom stereocenters.